The van der Waals surface area contributed by atoms with E-state index in [1.165, 1.54) is 17.4 Å². The van der Waals surface area contributed by atoms with E-state index >= 15 is 0 Å². The number of piperazine rings is 1. The normalized spacial score (nSPS) is 17.4. The molecule has 130 valence electrons. The fourth-order valence-electron chi connectivity index (χ4n) is 2.98. The zero-order valence-electron chi connectivity index (χ0n) is 13.8. The molecule has 2 aromatic rings. The second-order valence-electron chi connectivity index (χ2n) is 5.89. The van der Waals surface area contributed by atoms with Crippen LogP contribution in [0.4, 0.5) is 0 Å². The van der Waals surface area contributed by atoms with Crippen LogP contribution in [-0.2, 0) is 4.79 Å². The molecule has 6 heteroatoms. The number of rotatable bonds is 4. The molecule has 1 aliphatic rings. The van der Waals surface area contributed by atoms with Gasteiger partial charge in [0.25, 0.3) is 5.91 Å². The number of thiophene rings is 1. The number of hydrogen-bond acceptors (Lipinski definition) is 4. The zero-order valence-corrected chi connectivity index (χ0v) is 14.6. The van der Waals surface area contributed by atoms with Crippen LogP contribution in [0.5, 0.6) is 0 Å². The molecule has 0 spiro atoms. The van der Waals surface area contributed by atoms with Gasteiger partial charge in [-0.2, -0.15) is 0 Å². The highest BCUT2D eigenvalue weighted by atomic mass is 32.1. The van der Waals surface area contributed by atoms with Crippen LogP contribution in [0.2, 0.25) is 0 Å². The van der Waals surface area contributed by atoms with Gasteiger partial charge < -0.3 is 14.9 Å². The molecule has 1 aromatic carbocycles. The Morgan fingerprint density at radius 3 is 2.68 bits per heavy atom. The van der Waals surface area contributed by atoms with Gasteiger partial charge in [-0.15, -0.1) is 11.3 Å². The van der Waals surface area contributed by atoms with E-state index in [1.54, 1.807) is 9.80 Å². The van der Waals surface area contributed by atoms with Crippen LogP contribution in [0.1, 0.15) is 9.67 Å². The molecule has 1 aliphatic heterocycles. The molecular formula is C19H20N2O3S. The number of carbonyl (C=O) groups is 2. The molecule has 5 nitrogen and oxygen atoms in total. The second kappa shape index (κ2) is 7.63. The highest BCUT2D eigenvalue weighted by Gasteiger charge is 2.32. The molecule has 1 aromatic heterocycles. The fourth-order valence-corrected chi connectivity index (χ4v) is 3.85. The van der Waals surface area contributed by atoms with Crippen molar-refractivity contribution in [2.45, 2.75) is 6.04 Å². The fraction of sp³-hybridized carbons (Fsp3) is 0.263. The molecule has 0 radical (unpaired) electrons. The summed E-state index contributed by atoms with van der Waals surface area (Å²) in [4.78, 5) is 28.5. The van der Waals surface area contributed by atoms with Gasteiger partial charge in [-0.1, -0.05) is 36.9 Å². The van der Waals surface area contributed by atoms with E-state index < -0.39 is 6.04 Å². The number of aliphatic hydroxyl groups is 1. The first-order valence-electron chi connectivity index (χ1n) is 8.11. The first-order valence-corrected chi connectivity index (χ1v) is 8.99. The largest absolute Gasteiger partial charge is 0.394 e. The standard InChI is InChI=1S/C19H20N2O3S/c1-2-18(23)20-8-9-21(16(11-20)12-22)19(24)17-10-15(13-25-17)14-6-4-3-5-7-14/h2-7,10,13,16,22H,1,8-9,11-12H2/t16-/m1/s1. The van der Waals surface area contributed by atoms with Crippen LogP contribution in [0, 0.1) is 0 Å². The molecule has 1 N–H and O–H groups in total. The Hall–Kier alpha value is -2.44. The van der Waals surface area contributed by atoms with Crippen LogP contribution >= 0.6 is 11.3 Å². The van der Waals surface area contributed by atoms with E-state index in [9.17, 15) is 14.7 Å². The number of amides is 2. The van der Waals surface area contributed by atoms with Gasteiger partial charge in [-0.05, 0) is 28.6 Å². The van der Waals surface area contributed by atoms with Crippen molar-refractivity contribution in [2.75, 3.05) is 26.2 Å². The number of nitrogens with zero attached hydrogens (tertiary/aromatic N) is 2. The van der Waals surface area contributed by atoms with Crippen molar-refractivity contribution in [3.63, 3.8) is 0 Å². The highest BCUT2D eigenvalue weighted by Crippen LogP contribution is 2.27. The van der Waals surface area contributed by atoms with Crippen LogP contribution in [0.25, 0.3) is 11.1 Å². The summed E-state index contributed by atoms with van der Waals surface area (Å²) in [5, 5.41) is 11.6. The number of hydrogen-bond donors (Lipinski definition) is 1. The number of carbonyl (C=O) groups excluding carboxylic acids is 2. The molecule has 2 heterocycles. The third-order valence-electron chi connectivity index (χ3n) is 4.36. The lowest BCUT2D eigenvalue weighted by Gasteiger charge is -2.40. The van der Waals surface area contributed by atoms with Gasteiger partial charge in [0.2, 0.25) is 5.91 Å². The summed E-state index contributed by atoms with van der Waals surface area (Å²) in [6.45, 7) is 4.49. The van der Waals surface area contributed by atoms with Crippen LogP contribution in [0.15, 0.2) is 54.4 Å². The van der Waals surface area contributed by atoms with Gasteiger partial charge in [0.15, 0.2) is 0 Å². The van der Waals surface area contributed by atoms with E-state index in [1.807, 2.05) is 41.8 Å². The second-order valence-corrected chi connectivity index (χ2v) is 6.80. The summed E-state index contributed by atoms with van der Waals surface area (Å²) >= 11 is 1.40. The van der Waals surface area contributed by atoms with Crippen molar-refractivity contribution in [3.8, 4) is 11.1 Å². The van der Waals surface area contributed by atoms with Crippen molar-refractivity contribution in [3.05, 3.63) is 59.3 Å². The van der Waals surface area contributed by atoms with E-state index in [2.05, 4.69) is 6.58 Å². The molecule has 0 saturated carbocycles. The van der Waals surface area contributed by atoms with Crippen LogP contribution < -0.4 is 0 Å². The summed E-state index contributed by atoms with van der Waals surface area (Å²) < 4.78 is 0. The maximum atomic E-state index is 12.9. The summed E-state index contributed by atoms with van der Waals surface area (Å²) in [6.07, 6.45) is 1.26. The molecule has 3 rings (SSSR count). The van der Waals surface area contributed by atoms with Gasteiger partial charge in [0.05, 0.1) is 17.5 Å². The summed E-state index contributed by atoms with van der Waals surface area (Å²) in [7, 11) is 0. The Bertz CT molecular complexity index is 772. The van der Waals surface area contributed by atoms with Crippen molar-refractivity contribution >= 4 is 23.2 Å². The lowest BCUT2D eigenvalue weighted by Crippen LogP contribution is -2.57. The lowest BCUT2D eigenvalue weighted by atomic mass is 10.1. The molecule has 0 unspecified atom stereocenters. The monoisotopic (exact) mass is 356 g/mol. The van der Waals surface area contributed by atoms with E-state index in [4.69, 9.17) is 0 Å². The van der Waals surface area contributed by atoms with Gasteiger partial charge in [-0.25, -0.2) is 0 Å². The average molecular weight is 356 g/mol. The molecule has 1 fully saturated rings. The Kier molecular flexibility index (Phi) is 5.31. The zero-order chi connectivity index (χ0) is 17.8. The van der Waals surface area contributed by atoms with Gasteiger partial charge >= 0.3 is 0 Å². The first kappa shape index (κ1) is 17.4. The van der Waals surface area contributed by atoms with E-state index in [0.717, 1.165) is 11.1 Å². The summed E-state index contributed by atoms with van der Waals surface area (Å²) in [6, 6.07) is 11.4. The highest BCUT2D eigenvalue weighted by molar-refractivity contribution is 7.12. The molecule has 0 bridgehead atoms. The van der Waals surface area contributed by atoms with Crippen LogP contribution in [-0.4, -0.2) is 59.0 Å². The Morgan fingerprint density at radius 1 is 1.24 bits per heavy atom. The first-order chi connectivity index (χ1) is 12.1. The number of aliphatic hydroxyl groups excluding tert-OH is 1. The summed E-state index contributed by atoms with van der Waals surface area (Å²) in [5.74, 6) is -0.273. The topological polar surface area (TPSA) is 60.9 Å². The molecule has 1 atom stereocenters. The lowest BCUT2D eigenvalue weighted by molar-refractivity contribution is -0.128. The Morgan fingerprint density at radius 2 is 2.00 bits per heavy atom. The minimum Gasteiger partial charge on any atom is -0.394 e. The predicted molar refractivity (Wildman–Crippen MR) is 98.4 cm³/mol. The number of benzene rings is 1. The van der Waals surface area contributed by atoms with Gasteiger partial charge in [0.1, 0.15) is 0 Å². The van der Waals surface area contributed by atoms with Crippen molar-refractivity contribution < 1.29 is 14.7 Å². The predicted octanol–water partition coefficient (Wildman–Crippen LogP) is 2.25. The van der Waals surface area contributed by atoms with Crippen molar-refractivity contribution in [2.24, 2.45) is 0 Å². The minimum absolute atomic E-state index is 0.100. The molecular weight excluding hydrogens is 336 g/mol. The third kappa shape index (κ3) is 3.65. The quantitative estimate of drug-likeness (QED) is 0.855. The SMILES string of the molecule is C=CC(=O)N1CCN(C(=O)c2cc(-c3ccccc3)cs2)[C@@H](CO)C1. The van der Waals surface area contributed by atoms with Crippen molar-refractivity contribution in [1.82, 2.24) is 9.80 Å². The smallest absolute Gasteiger partial charge is 0.264 e. The van der Waals surface area contributed by atoms with Gasteiger partial charge in [0, 0.05) is 19.6 Å². The van der Waals surface area contributed by atoms with Crippen LogP contribution in [0.3, 0.4) is 0 Å². The molecule has 2 amide bonds. The molecule has 25 heavy (non-hydrogen) atoms. The van der Waals surface area contributed by atoms with Crippen molar-refractivity contribution in [1.29, 1.82) is 0 Å². The molecule has 1 saturated heterocycles. The van der Waals surface area contributed by atoms with E-state index in [-0.39, 0.29) is 18.4 Å². The maximum Gasteiger partial charge on any atom is 0.264 e. The Balaban J connectivity index is 1.76. The summed E-state index contributed by atoms with van der Waals surface area (Å²) in [5.41, 5.74) is 2.08. The Labute approximate surface area is 150 Å². The third-order valence-corrected chi connectivity index (χ3v) is 5.28. The molecule has 0 aliphatic carbocycles. The van der Waals surface area contributed by atoms with Gasteiger partial charge in [-0.3, -0.25) is 9.59 Å². The van der Waals surface area contributed by atoms with E-state index in [0.29, 0.717) is 24.5 Å². The average Bonchev–Trinajstić information content (AvgIpc) is 3.17. The maximum absolute atomic E-state index is 12.9. The minimum atomic E-state index is -0.396.